The van der Waals surface area contributed by atoms with Gasteiger partial charge in [0.2, 0.25) is 0 Å². The molecular weight excluding hydrogens is 419 g/mol. The van der Waals surface area contributed by atoms with Crippen molar-refractivity contribution in [2.24, 2.45) is 0 Å². The number of aromatic nitrogens is 5. The van der Waals surface area contributed by atoms with Crippen molar-refractivity contribution in [3.05, 3.63) is 88.1 Å². The number of hydrogen-bond acceptors (Lipinski definition) is 5. The summed E-state index contributed by atoms with van der Waals surface area (Å²) in [5.41, 5.74) is 1.74. The first-order chi connectivity index (χ1) is 15.0. The van der Waals surface area contributed by atoms with Gasteiger partial charge < -0.3 is 5.32 Å². The summed E-state index contributed by atoms with van der Waals surface area (Å²) in [5, 5.41) is 4.81. The van der Waals surface area contributed by atoms with E-state index in [1.807, 2.05) is 49.4 Å². The van der Waals surface area contributed by atoms with Crippen LogP contribution in [0.15, 0.2) is 65.7 Å². The summed E-state index contributed by atoms with van der Waals surface area (Å²) >= 11 is 6.36. The van der Waals surface area contributed by atoms with Gasteiger partial charge in [0.25, 0.3) is 11.6 Å². The second-order valence-electron chi connectivity index (χ2n) is 7.06. The summed E-state index contributed by atoms with van der Waals surface area (Å²) in [5.74, 6) is 0.357. The lowest BCUT2D eigenvalue weighted by Crippen LogP contribution is -2.25. The van der Waals surface area contributed by atoms with Crippen LogP contribution in [0.1, 0.15) is 18.7 Å². The third-order valence-corrected chi connectivity index (χ3v) is 5.40. The Morgan fingerprint density at radius 2 is 1.94 bits per heavy atom. The minimum absolute atomic E-state index is 0.225. The number of halogens is 2. The van der Waals surface area contributed by atoms with Gasteiger partial charge in [0, 0.05) is 11.4 Å². The molecule has 0 amide bonds. The monoisotopic (exact) mass is 434 g/mol. The zero-order valence-corrected chi connectivity index (χ0v) is 17.1. The largest absolute Gasteiger partial charge is 0.360 e. The van der Waals surface area contributed by atoms with Crippen LogP contribution in [0.2, 0.25) is 5.02 Å². The molecule has 0 saturated heterocycles. The molecule has 7 nitrogen and oxygen atoms in total. The number of benzene rings is 2. The van der Waals surface area contributed by atoms with Crippen LogP contribution < -0.4 is 10.9 Å². The van der Waals surface area contributed by atoms with Crippen LogP contribution in [-0.4, -0.2) is 24.5 Å². The molecule has 5 rings (SSSR count). The van der Waals surface area contributed by atoms with Gasteiger partial charge >= 0.3 is 0 Å². The Kier molecular flexibility index (Phi) is 4.63. The van der Waals surface area contributed by atoms with E-state index >= 15 is 0 Å². The molecule has 1 atom stereocenters. The molecule has 5 aromatic rings. The van der Waals surface area contributed by atoms with E-state index in [1.165, 1.54) is 6.33 Å². The second kappa shape index (κ2) is 7.48. The predicted octanol–water partition coefficient (Wildman–Crippen LogP) is 4.62. The van der Waals surface area contributed by atoms with Gasteiger partial charge in [-0.05, 0) is 36.6 Å². The fourth-order valence-corrected chi connectivity index (χ4v) is 3.95. The molecule has 31 heavy (non-hydrogen) atoms. The number of imidazole rings is 1. The topological polar surface area (TPSA) is 88.5 Å². The van der Waals surface area contributed by atoms with E-state index in [9.17, 15) is 9.18 Å². The first-order valence-corrected chi connectivity index (χ1v) is 9.93. The van der Waals surface area contributed by atoms with E-state index in [2.05, 4.69) is 25.3 Å². The number of anilines is 1. The van der Waals surface area contributed by atoms with Crippen LogP contribution in [0.25, 0.3) is 27.6 Å². The number of nitrogens with one attached hydrogen (secondary N) is 2. The fraction of sp³-hybridized carbons (Fsp3) is 0.0909. The van der Waals surface area contributed by atoms with Crippen molar-refractivity contribution in [3.63, 3.8) is 0 Å². The van der Waals surface area contributed by atoms with Gasteiger partial charge in [-0.2, -0.15) is 9.37 Å². The van der Waals surface area contributed by atoms with Crippen LogP contribution in [0.4, 0.5) is 10.2 Å². The number of para-hydroxylation sites is 1. The van der Waals surface area contributed by atoms with Gasteiger partial charge in [-0.25, -0.2) is 9.97 Å². The molecule has 0 bridgehead atoms. The number of nitrogens with zero attached hydrogens (tertiary/aromatic N) is 4. The first-order valence-electron chi connectivity index (χ1n) is 9.55. The molecule has 0 spiro atoms. The number of fused-ring (bicyclic) bond motifs is 2. The molecule has 0 unspecified atom stereocenters. The average molecular weight is 435 g/mol. The molecule has 0 aliphatic heterocycles. The van der Waals surface area contributed by atoms with E-state index in [1.54, 1.807) is 16.7 Å². The highest BCUT2D eigenvalue weighted by Gasteiger charge is 2.19. The summed E-state index contributed by atoms with van der Waals surface area (Å²) < 4.78 is 15.2. The highest BCUT2D eigenvalue weighted by Crippen LogP contribution is 2.28. The van der Waals surface area contributed by atoms with Gasteiger partial charge in [0.1, 0.15) is 6.33 Å². The smallest absolute Gasteiger partial charge is 0.288 e. The molecule has 3 aromatic heterocycles. The summed E-state index contributed by atoms with van der Waals surface area (Å²) in [6.07, 6.45) is 0.576. The SMILES string of the molecule is C[C@H](Nc1ncnc2[nH]c(F)nc12)c1cc2cccc(Cl)c2c(=O)n1-c1ccccc1. The van der Waals surface area contributed by atoms with Crippen LogP contribution in [0.5, 0.6) is 0 Å². The molecule has 0 aliphatic carbocycles. The molecule has 3 heterocycles. The van der Waals surface area contributed by atoms with Crippen molar-refractivity contribution in [2.75, 3.05) is 5.32 Å². The molecule has 0 saturated carbocycles. The Morgan fingerprint density at radius 3 is 2.74 bits per heavy atom. The van der Waals surface area contributed by atoms with Crippen LogP contribution in [0.3, 0.4) is 0 Å². The predicted molar refractivity (Wildman–Crippen MR) is 118 cm³/mol. The van der Waals surface area contributed by atoms with E-state index in [0.29, 0.717) is 27.6 Å². The maximum atomic E-state index is 13.6. The summed E-state index contributed by atoms with van der Waals surface area (Å²) in [7, 11) is 0. The normalized spacial score (nSPS) is 12.4. The number of pyridine rings is 1. The maximum Gasteiger partial charge on any atom is 0.288 e. The van der Waals surface area contributed by atoms with Crippen molar-refractivity contribution in [3.8, 4) is 5.69 Å². The molecule has 154 valence electrons. The molecule has 0 fully saturated rings. The maximum absolute atomic E-state index is 13.6. The standard InChI is InChI=1S/C22H16ClFN6O/c1-12(27-19-18-20(26-11-25-19)29-22(24)28-18)16-10-13-6-5-9-15(23)17(13)21(31)30(16)14-7-3-2-4-8-14/h2-12H,1H3,(H2,25,26,27,28,29)/t12-/m0/s1. The summed E-state index contributed by atoms with van der Waals surface area (Å²) in [6.45, 7) is 1.89. The third kappa shape index (κ3) is 3.30. The molecule has 2 N–H and O–H groups in total. The molecule has 2 aromatic carbocycles. The quantitative estimate of drug-likeness (QED) is 0.403. The van der Waals surface area contributed by atoms with Crippen LogP contribution in [0, 0.1) is 6.08 Å². The molecule has 9 heteroatoms. The minimum Gasteiger partial charge on any atom is -0.360 e. The van der Waals surface area contributed by atoms with Crippen LogP contribution >= 0.6 is 11.6 Å². The Morgan fingerprint density at radius 1 is 1.13 bits per heavy atom. The molecular formula is C22H16ClFN6O. The third-order valence-electron chi connectivity index (χ3n) is 5.09. The van der Waals surface area contributed by atoms with Crippen molar-refractivity contribution in [1.29, 1.82) is 0 Å². The number of hydrogen-bond donors (Lipinski definition) is 2. The Hall–Kier alpha value is -3.78. The average Bonchev–Trinajstić information content (AvgIpc) is 3.15. The van der Waals surface area contributed by atoms with Crippen LogP contribution in [-0.2, 0) is 0 Å². The number of aromatic amines is 1. The van der Waals surface area contributed by atoms with E-state index < -0.39 is 6.08 Å². The van der Waals surface area contributed by atoms with Crippen molar-refractivity contribution < 1.29 is 4.39 Å². The van der Waals surface area contributed by atoms with Gasteiger partial charge in [0.05, 0.1) is 16.5 Å². The Balaban J connectivity index is 1.70. The summed E-state index contributed by atoms with van der Waals surface area (Å²) in [4.78, 5) is 28.0. The number of rotatable bonds is 4. The highest BCUT2D eigenvalue weighted by atomic mass is 35.5. The molecule has 0 aliphatic rings. The molecule has 0 radical (unpaired) electrons. The zero-order valence-electron chi connectivity index (χ0n) is 16.3. The van der Waals surface area contributed by atoms with E-state index in [-0.39, 0.29) is 22.8 Å². The Bertz CT molecular complexity index is 1480. The lowest BCUT2D eigenvalue weighted by Gasteiger charge is -2.21. The van der Waals surface area contributed by atoms with Gasteiger partial charge in [-0.1, -0.05) is 41.9 Å². The second-order valence-corrected chi connectivity index (χ2v) is 7.47. The number of H-pyrrole nitrogens is 1. The van der Waals surface area contributed by atoms with Crippen molar-refractivity contribution >= 4 is 39.4 Å². The minimum atomic E-state index is -0.743. The van der Waals surface area contributed by atoms with E-state index in [0.717, 1.165) is 5.39 Å². The summed E-state index contributed by atoms with van der Waals surface area (Å²) in [6, 6.07) is 16.2. The van der Waals surface area contributed by atoms with Gasteiger partial charge in [-0.3, -0.25) is 14.3 Å². The zero-order chi connectivity index (χ0) is 21.5. The van der Waals surface area contributed by atoms with Gasteiger partial charge in [0.15, 0.2) is 17.0 Å². The lowest BCUT2D eigenvalue weighted by atomic mass is 10.1. The van der Waals surface area contributed by atoms with Crippen molar-refractivity contribution in [2.45, 2.75) is 13.0 Å². The highest BCUT2D eigenvalue weighted by molar-refractivity contribution is 6.35. The first kappa shape index (κ1) is 19.2. The Labute approximate surface area is 180 Å². The van der Waals surface area contributed by atoms with Gasteiger partial charge in [-0.15, -0.1) is 0 Å². The lowest BCUT2D eigenvalue weighted by molar-refractivity contribution is 0.556. The fourth-order valence-electron chi connectivity index (χ4n) is 3.69. The van der Waals surface area contributed by atoms with Crippen molar-refractivity contribution in [1.82, 2.24) is 24.5 Å². The van der Waals surface area contributed by atoms with E-state index in [4.69, 9.17) is 11.6 Å².